The molecule has 0 bridgehead atoms. The molecule has 0 fully saturated rings. The van der Waals surface area contributed by atoms with E-state index >= 15 is 0 Å². The third-order valence-electron chi connectivity index (χ3n) is 3.25. The normalized spacial score (nSPS) is 10.0. The summed E-state index contributed by atoms with van der Waals surface area (Å²) in [7, 11) is 4.65. The number of nitrogens with one attached hydrogen (secondary N) is 1. The predicted octanol–water partition coefficient (Wildman–Crippen LogP) is 2.67. The molecule has 0 radical (unpaired) electrons. The third-order valence-corrected chi connectivity index (χ3v) is 3.25. The van der Waals surface area contributed by atoms with Gasteiger partial charge in [0.25, 0.3) is 5.91 Å². The zero-order valence-corrected chi connectivity index (χ0v) is 13.0. The minimum Gasteiger partial charge on any atom is -0.497 e. The van der Waals surface area contributed by atoms with Gasteiger partial charge in [-0.3, -0.25) is 4.79 Å². The summed E-state index contributed by atoms with van der Waals surface area (Å²) >= 11 is 0. The number of ether oxygens (including phenoxy) is 3. The SMILES string of the molecule is COc1ccnc(NC(=O)c2ccc(OC)c(OC)c2C)c1. The van der Waals surface area contributed by atoms with Crippen LogP contribution < -0.4 is 19.5 Å². The monoisotopic (exact) mass is 302 g/mol. The van der Waals surface area contributed by atoms with Gasteiger partial charge in [-0.1, -0.05) is 0 Å². The van der Waals surface area contributed by atoms with E-state index in [1.807, 2.05) is 0 Å². The van der Waals surface area contributed by atoms with E-state index in [2.05, 4.69) is 10.3 Å². The van der Waals surface area contributed by atoms with Crippen LogP contribution in [0.25, 0.3) is 0 Å². The van der Waals surface area contributed by atoms with E-state index in [-0.39, 0.29) is 5.91 Å². The van der Waals surface area contributed by atoms with Gasteiger partial charge >= 0.3 is 0 Å². The zero-order chi connectivity index (χ0) is 16.1. The van der Waals surface area contributed by atoms with Crippen LogP contribution in [0.5, 0.6) is 17.2 Å². The molecule has 1 amide bonds. The Kier molecular flexibility index (Phi) is 4.83. The van der Waals surface area contributed by atoms with Gasteiger partial charge in [0.2, 0.25) is 0 Å². The summed E-state index contributed by atoms with van der Waals surface area (Å²) < 4.78 is 15.6. The number of carbonyl (C=O) groups excluding carboxylic acids is 1. The van der Waals surface area contributed by atoms with Gasteiger partial charge in [0.1, 0.15) is 11.6 Å². The molecule has 0 aliphatic rings. The molecule has 0 saturated heterocycles. The molecule has 0 atom stereocenters. The first-order chi connectivity index (χ1) is 10.6. The van der Waals surface area contributed by atoms with E-state index < -0.39 is 0 Å². The summed E-state index contributed by atoms with van der Waals surface area (Å²) in [6.45, 7) is 1.80. The molecule has 1 aromatic carbocycles. The highest BCUT2D eigenvalue weighted by Gasteiger charge is 2.17. The molecule has 2 rings (SSSR count). The van der Waals surface area contributed by atoms with Crippen molar-refractivity contribution in [1.29, 1.82) is 0 Å². The minimum atomic E-state index is -0.279. The van der Waals surface area contributed by atoms with Crippen molar-refractivity contribution in [2.75, 3.05) is 26.6 Å². The number of carbonyl (C=O) groups is 1. The predicted molar refractivity (Wildman–Crippen MR) is 83.0 cm³/mol. The number of amides is 1. The van der Waals surface area contributed by atoms with Crippen LogP contribution in [0.1, 0.15) is 15.9 Å². The van der Waals surface area contributed by atoms with Gasteiger partial charge in [-0.2, -0.15) is 0 Å². The highest BCUT2D eigenvalue weighted by atomic mass is 16.5. The summed E-state index contributed by atoms with van der Waals surface area (Å²) in [5, 5.41) is 2.74. The lowest BCUT2D eigenvalue weighted by Crippen LogP contribution is -2.15. The Hall–Kier alpha value is -2.76. The lowest BCUT2D eigenvalue weighted by Gasteiger charge is -2.14. The van der Waals surface area contributed by atoms with Crippen LogP contribution in [0.3, 0.4) is 0 Å². The highest BCUT2D eigenvalue weighted by Crippen LogP contribution is 2.33. The van der Waals surface area contributed by atoms with E-state index in [4.69, 9.17) is 14.2 Å². The average Bonchev–Trinajstić information content (AvgIpc) is 2.54. The van der Waals surface area contributed by atoms with E-state index in [1.54, 1.807) is 51.6 Å². The Balaban J connectivity index is 2.29. The Bertz CT molecular complexity index is 686. The van der Waals surface area contributed by atoms with Crippen molar-refractivity contribution in [2.45, 2.75) is 6.92 Å². The lowest BCUT2D eigenvalue weighted by atomic mass is 10.1. The van der Waals surface area contributed by atoms with E-state index in [1.165, 1.54) is 7.11 Å². The van der Waals surface area contributed by atoms with Crippen molar-refractivity contribution in [3.05, 3.63) is 41.6 Å². The number of benzene rings is 1. The van der Waals surface area contributed by atoms with Crippen LogP contribution in [-0.2, 0) is 0 Å². The van der Waals surface area contributed by atoms with Crippen LogP contribution in [0, 0.1) is 6.92 Å². The number of hydrogen-bond donors (Lipinski definition) is 1. The number of anilines is 1. The number of aromatic nitrogens is 1. The maximum atomic E-state index is 12.4. The fourth-order valence-electron chi connectivity index (χ4n) is 2.12. The molecule has 22 heavy (non-hydrogen) atoms. The largest absolute Gasteiger partial charge is 0.497 e. The summed E-state index contributed by atoms with van der Waals surface area (Å²) in [5.41, 5.74) is 1.18. The Morgan fingerprint density at radius 2 is 1.86 bits per heavy atom. The Morgan fingerprint density at radius 1 is 1.09 bits per heavy atom. The summed E-state index contributed by atoms with van der Waals surface area (Å²) in [4.78, 5) is 16.5. The second-order valence-corrected chi connectivity index (χ2v) is 4.51. The van der Waals surface area contributed by atoms with Crippen molar-refractivity contribution in [1.82, 2.24) is 4.98 Å². The molecular formula is C16H18N2O4. The third kappa shape index (κ3) is 3.11. The fourth-order valence-corrected chi connectivity index (χ4v) is 2.12. The number of hydrogen-bond acceptors (Lipinski definition) is 5. The Morgan fingerprint density at radius 3 is 2.50 bits per heavy atom. The van der Waals surface area contributed by atoms with Crippen LogP contribution in [-0.4, -0.2) is 32.2 Å². The quantitative estimate of drug-likeness (QED) is 0.919. The van der Waals surface area contributed by atoms with E-state index in [9.17, 15) is 4.79 Å². The fraction of sp³-hybridized carbons (Fsp3) is 0.250. The molecule has 0 aliphatic carbocycles. The molecule has 1 aromatic heterocycles. The van der Waals surface area contributed by atoms with Crippen LogP contribution >= 0.6 is 0 Å². The van der Waals surface area contributed by atoms with Gasteiger partial charge in [0, 0.05) is 23.4 Å². The maximum Gasteiger partial charge on any atom is 0.257 e. The maximum absolute atomic E-state index is 12.4. The first-order valence-corrected chi connectivity index (χ1v) is 6.63. The Labute approximate surface area is 129 Å². The molecule has 2 aromatic rings. The van der Waals surface area contributed by atoms with Crippen molar-refractivity contribution in [3.63, 3.8) is 0 Å². The molecule has 0 aliphatic heterocycles. The molecule has 6 heteroatoms. The molecule has 0 unspecified atom stereocenters. The van der Waals surface area contributed by atoms with E-state index in [0.717, 1.165) is 0 Å². The van der Waals surface area contributed by atoms with Crippen molar-refractivity contribution < 1.29 is 19.0 Å². The molecule has 0 saturated carbocycles. The van der Waals surface area contributed by atoms with E-state index in [0.29, 0.717) is 34.2 Å². The topological polar surface area (TPSA) is 69.7 Å². The van der Waals surface area contributed by atoms with Gasteiger partial charge in [0.05, 0.1) is 21.3 Å². The second kappa shape index (κ2) is 6.80. The lowest BCUT2D eigenvalue weighted by molar-refractivity contribution is 0.102. The second-order valence-electron chi connectivity index (χ2n) is 4.51. The molecular weight excluding hydrogens is 284 g/mol. The van der Waals surface area contributed by atoms with Gasteiger partial charge < -0.3 is 19.5 Å². The first kappa shape index (κ1) is 15.6. The molecule has 6 nitrogen and oxygen atoms in total. The molecule has 116 valence electrons. The zero-order valence-electron chi connectivity index (χ0n) is 13.0. The van der Waals surface area contributed by atoms with Gasteiger partial charge in [-0.05, 0) is 25.1 Å². The standard InChI is InChI=1S/C16H18N2O4/c1-10-12(5-6-13(21-3)15(10)22-4)16(19)18-14-9-11(20-2)7-8-17-14/h5-9H,1-4H3,(H,17,18,19). The highest BCUT2D eigenvalue weighted by molar-refractivity contribution is 6.05. The molecule has 0 spiro atoms. The summed E-state index contributed by atoms with van der Waals surface area (Å²) in [5.74, 6) is 1.87. The first-order valence-electron chi connectivity index (χ1n) is 6.63. The summed E-state index contributed by atoms with van der Waals surface area (Å²) in [6, 6.07) is 6.73. The van der Waals surface area contributed by atoms with Crippen molar-refractivity contribution in [2.24, 2.45) is 0 Å². The van der Waals surface area contributed by atoms with Crippen molar-refractivity contribution in [3.8, 4) is 17.2 Å². The average molecular weight is 302 g/mol. The van der Waals surface area contributed by atoms with Crippen LogP contribution in [0.15, 0.2) is 30.5 Å². The van der Waals surface area contributed by atoms with Gasteiger partial charge in [-0.15, -0.1) is 0 Å². The molecule has 1 N–H and O–H groups in total. The minimum absolute atomic E-state index is 0.279. The number of pyridine rings is 1. The summed E-state index contributed by atoms with van der Waals surface area (Å²) in [6.07, 6.45) is 1.57. The van der Waals surface area contributed by atoms with Gasteiger partial charge in [0.15, 0.2) is 11.5 Å². The van der Waals surface area contributed by atoms with Gasteiger partial charge in [-0.25, -0.2) is 4.98 Å². The number of methoxy groups -OCH3 is 3. The molecule has 1 heterocycles. The number of nitrogens with zero attached hydrogens (tertiary/aromatic N) is 1. The smallest absolute Gasteiger partial charge is 0.257 e. The van der Waals surface area contributed by atoms with Crippen molar-refractivity contribution >= 4 is 11.7 Å². The van der Waals surface area contributed by atoms with Crippen LogP contribution in [0.4, 0.5) is 5.82 Å². The van der Waals surface area contributed by atoms with Crippen LogP contribution in [0.2, 0.25) is 0 Å². The number of rotatable bonds is 5.